The van der Waals surface area contributed by atoms with Crippen LogP contribution < -0.4 is 11.5 Å². The van der Waals surface area contributed by atoms with Crippen LogP contribution in [-0.2, 0) is 9.59 Å². The molecule has 0 fully saturated rings. The van der Waals surface area contributed by atoms with E-state index in [-0.39, 0.29) is 6.42 Å². The van der Waals surface area contributed by atoms with E-state index in [0.29, 0.717) is 0 Å². The molecule has 4 heteroatoms. The minimum absolute atomic E-state index is 0.00406. The fourth-order valence-electron chi connectivity index (χ4n) is 2.67. The Morgan fingerprint density at radius 1 is 0.826 bits per heavy atom. The minimum Gasteiger partial charge on any atom is -0.370 e. The molecule has 4 N–H and O–H groups in total. The van der Waals surface area contributed by atoms with E-state index in [9.17, 15) is 9.59 Å². The van der Waals surface area contributed by atoms with Gasteiger partial charge >= 0.3 is 0 Å². The van der Waals surface area contributed by atoms with Crippen LogP contribution in [-0.4, -0.2) is 11.8 Å². The second-order valence-electron chi connectivity index (χ2n) is 6.43. The second kappa shape index (κ2) is 15.6. The highest BCUT2D eigenvalue weighted by atomic mass is 16.2. The molecule has 0 heterocycles. The van der Waals surface area contributed by atoms with Crippen molar-refractivity contribution in [2.45, 2.75) is 90.4 Å². The van der Waals surface area contributed by atoms with Gasteiger partial charge in [-0.3, -0.25) is 9.59 Å². The molecule has 0 aromatic carbocycles. The molecule has 0 saturated heterocycles. The first-order chi connectivity index (χ1) is 11.1. The number of hydrogen-bond acceptors (Lipinski definition) is 2. The lowest BCUT2D eigenvalue weighted by atomic mass is 10.0. The Bertz CT molecular complexity index is 340. The number of unbranched alkanes of at least 4 members (excludes halogenated alkanes) is 11. The Labute approximate surface area is 142 Å². The number of allylic oxidation sites excluding steroid dienone is 1. The molecule has 0 saturated carbocycles. The standard InChI is InChI=1S/C19H36N2O2/c1-2-3-4-5-6-7-8-9-10-11-12-13-14-15-17(19(21)23)16-18(20)22/h14-15,17H,2-13,16H2,1H3,(H2,20,22)(H2,21,23). The van der Waals surface area contributed by atoms with Gasteiger partial charge in [0.2, 0.25) is 11.8 Å². The van der Waals surface area contributed by atoms with Gasteiger partial charge in [0.25, 0.3) is 0 Å². The van der Waals surface area contributed by atoms with E-state index in [1.165, 1.54) is 64.2 Å². The number of rotatable bonds is 16. The predicted molar refractivity (Wildman–Crippen MR) is 96.7 cm³/mol. The molecule has 2 amide bonds. The van der Waals surface area contributed by atoms with E-state index >= 15 is 0 Å². The van der Waals surface area contributed by atoms with Gasteiger partial charge in [0.1, 0.15) is 0 Å². The molecule has 0 radical (unpaired) electrons. The average Bonchev–Trinajstić information content (AvgIpc) is 2.50. The molecule has 0 aromatic rings. The van der Waals surface area contributed by atoms with E-state index in [0.717, 1.165) is 12.8 Å². The first-order valence-electron chi connectivity index (χ1n) is 9.32. The van der Waals surface area contributed by atoms with Crippen molar-refractivity contribution < 1.29 is 9.59 Å². The van der Waals surface area contributed by atoms with Gasteiger partial charge in [-0.2, -0.15) is 0 Å². The van der Waals surface area contributed by atoms with Gasteiger partial charge in [0, 0.05) is 6.42 Å². The lowest BCUT2D eigenvalue weighted by molar-refractivity contribution is -0.125. The first kappa shape index (κ1) is 21.7. The maximum absolute atomic E-state index is 11.1. The summed E-state index contributed by atoms with van der Waals surface area (Å²) in [7, 11) is 0. The van der Waals surface area contributed by atoms with Crippen LogP contribution in [0, 0.1) is 5.92 Å². The van der Waals surface area contributed by atoms with Gasteiger partial charge < -0.3 is 11.5 Å². The highest BCUT2D eigenvalue weighted by Gasteiger charge is 2.13. The lowest BCUT2D eigenvalue weighted by Gasteiger charge is -2.05. The van der Waals surface area contributed by atoms with Crippen LogP contribution in [0.15, 0.2) is 12.2 Å². The molecule has 134 valence electrons. The third kappa shape index (κ3) is 15.4. The zero-order chi connectivity index (χ0) is 17.3. The molecule has 0 aromatic heterocycles. The van der Waals surface area contributed by atoms with Gasteiger partial charge in [0.15, 0.2) is 0 Å². The van der Waals surface area contributed by atoms with Crippen molar-refractivity contribution in [1.29, 1.82) is 0 Å². The first-order valence-corrected chi connectivity index (χ1v) is 9.32. The van der Waals surface area contributed by atoms with Crippen molar-refractivity contribution >= 4 is 11.8 Å². The van der Waals surface area contributed by atoms with Crippen molar-refractivity contribution in [2.75, 3.05) is 0 Å². The third-order valence-electron chi connectivity index (χ3n) is 4.13. The SMILES string of the molecule is CCCCCCCCCCCCCC=CC(CC(N)=O)C(N)=O. The molecular formula is C19H36N2O2. The molecule has 0 aliphatic carbocycles. The van der Waals surface area contributed by atoms with E-state index < -0.39 is 17.7 Å². The summed E-state index contributed by atoms with van der Waals surface area (Å²) < 4.78 is 0. The lowest BCUT2D eigenvalue weighted by Crippen LogP contribution is -2.26. The van der Waals surface area contributed by atoms with Gasteiger partial charge in [-0.25, -0.2) is 0 Å². The van der Waals surface area contributed by atoms with Crippen molar-refractivity contribution in [3.05, 3.63) is 12.2 Å². The van der Waals surface area contributed by atoms with Gasteiger partial charge in [-0.15, -0.1) is 0 Å². The Morgan fingerprint density at radius 3 is 1.74 bits per heavy atom. The Morgan fingerprint density at radius 2 is 1.30 bits per heavy atom. The van der Waals surface area contributed by atoms with E-state index in [1.807, 2.05) is 6.08 Å². The van der Waals surface area contributed by atoms with E-state index in [4.69, 9.17) is 11.5 Å². The number of primary amides is 2. The van der Waals surface area contributed by atoms with Crippen LogP contribution in [0.4, 0.5) is 0 Å². The zero-order valence-electron chi connectivity index (χ0n) is 14.9. The summed E-state index contributed by atoms with van der Waals surface area (Å²) in [5.41, 5.74) is 10.3. The fraction of sp³-hybridized carbons (Fsp3) is 0.789. The molecule has 1 unspecified atom stereocenters. The Balaban J connectivity index is 3.45. The number of amides is 2. The third-order valence-corrected chi connectivity index (χ3v) is 4.13. The highest BCUT2D eigenvalue weighted by Crippen LogP contribution is 2.12. The van der Waals surface area contributed by atoms with Gasteiger partial charge in [-0.1, -0.05) is 83.3 Å². The normalized spacial score (nSPS) is 12.6. The largest absolute Gasteiger partial charge is 0.370 e. The molecule has 4 nitrogen and oxygen atoms in total. The molecule has 0 aliphatic heterocycles. The molecule has 0 spiro atoms. The summed E-state index contributed by atoms with van der Waals surface area (Å²) >= 11 is 0. The van der Waals surface area contributed by atoms with Crippen LogP contribution in [0.5, 0.6) is 0 Å². The number of nitrogens with two attached hydrogens (primary N) is 2. The topological polar surface area (TPSA) is 86.2 Å². The average molecular weight is 325 g/mol. The van der Waals surface area contributed by atoms with Crippen LogP contribution in [0.1, 0.15) is 90.4 Å². The summed E-state index contributed by atoms with van der Waals surface area (Å²) in [6.07, 6.45) is 19.1. The summed E-state index contributed by atoms with van der Waals surface area (Å²) in [4.78, 5) is 22.0. The van der Waals surface area contributed by atoms with Crippen LogP contribution in [0.3, 0.4) is 0 Å². The Hall–Kier alpha value is -1.32. The summed E-state index contributed by atoms with van der Waals surface area (Å²) in [6, 6.07) is 0. The quantitative estimate of drug-likeness (QED) is 0.329. The molecule has 0 bridgehead atoms. The zero-order valence-corrected chi connectivity index (χ0v) is 14.9. The molecule has 23 heavy (non-hydrogen) atoms. The summed E-state index contributed by atoms with van der Waals surface area (Å²) in [6.45, 7) is 2.25. The smallest absolute Gasteiger partial charge is 0.224 e. The van der Waals surface area contributed by atoms with Crippen LogP contribution in [0.2, 0.25) is 0 Å². The fourth-order valence-corrected chi connectivity index (χ4v) is 2.67. The maximum Gasteiger partial charge on any atom is 0.224 e. The van der Waals surface area contributed by atoms with E-state index in [2.05, 4.69) is 6.92 Å². The monoisotopic (exact) mass is 324 g/mol. The minimum atomic E-state index is -0.555. The van der Waals surface area contributed by atoms with Crippen molar-refractivity contribution in [3.63, 3.8) is 0 Å². The Kier molecular flexibility index (Phi) is 14.7. The van der Waals surface area contributed by atoms with Crippen molar-refractivity contribution in [3.8, 4) is 0 Å². The number of carbonyl (C=O) groups excluding carboxylic acids is 2. The summed E-state index contributed by atoms with van der Waals surface area (Å²) in [5, 5.41) is 0. The predicted octanol–water partition coefficient (Wildman–Crippen LogP) is 4.22. The molecule has 0 rings (SSSR count). The molecular weight excluding hydrogens is 288 g/mol. The van der Waals surface area contributed by atoms with Crippen molar-refractivity contribution in [1.82, 2.24) is 0 Å². The highest BCUT2D eigenvalue weighted by molar-refractivity contribution is 5.85. The van der Waals surface area contributed by atoms with Gasteiger partial charge in [-0.05, 0) is 12.8 Å². The van der Waals surface area contributed by atoms with Crippen LogP contribution >= 0.6 is 0 Å². The number of hydrogen-bond donors (Lipinski definition) is 2. The maximum atomic E-state index is 11.1. The summed E-state index contributed by atoms with van der Waals surface area (Å²) in [5.74, 6) is -1.53. The molecule has 1 atom stereocenters. The van der Waals surface area contributed by atoms with Crippen LogP contribution in [0.25, 0.3) is 0 Å². The van der Waals surface area contributed by atoms with E-state index in [1.54, 1.807) is 6.08 Å². The second-order valence-corrected chi connectivity index (χ2v) is 6.43. The number of carbonyl (C=O) groups is 2. The van der Waals surface area contributed by atoms with Crippen molar-refractivity contribution in [2.24, 2.45) is 17.4 Å². The van der Waals surface area contributed by atoms with Gasteiger partial charge in [0.05, 0.1) is 5.92 Å². The molecule has 0 aliphatic rings.